The predicted octanol–water partition coefficient (Wildman–Crippen LogP) is 2.12. The summed E-state index contributed by atoms with van der Waals surface area (Å²) in [5.41, 5.74) is 0.156. The van der Waals surface area contributed by atoms with Crippen LogP contribution < -0.4 is 4.74 Å². The van der Waals surface area contributed by atoms with E-state index >= 15 is 0 Å². The van der Waals surface area contributed by atoms with E-state index in [2.05, 4.69) is 0 Å². The standard InChI is InChI=1S/C10H12ClFO3/c1-5(13)3-6-9(11)7(12)4-8(15-2)10(6)14/h4-5,13-14H,3H2,1-2H3. The molecule has 0 radical (unpaired) electrons. The number of aromatic hydroxyl groups is 1. The third-order valence-electron chi connectivity index (χ3n) is 1.97. The maximum absolute atomic E-state index is 13.3. The molecule has 0 heterocycles. The molecule has 1 aromatic rings. The quantitative estimate of drug-likeness (QED) is 0.842. The molecular weight excluding hydrogens is 223 g/mol. The second-order valence-corrected chi connectivity index (χ2v) is 3.63. The van der Waals surface area contributed by atoms with Crippen molar-refractivity contribution in [3.8, 4) is 11.5 Å². The summed E-state index contributed by atoms with van der Waals surface area (Å²) in [4.78, 5) is 0. The molecule has 1 atom stereocenters. The Morgan fingerprint density at radius 3 is 2.67 bits per heavy atom. The van der Waals surface area contributed by atoms with E-state index in [1.807, 2.05) is 0 Å². The van der Waals surface area contributed by atoms with Crippen molar-refractivity contribution in [3.63, 3.8) is 0 Å². The van der Waals surface area contributed by atoms with Crippen molar-refractivity contribution < 1.29 is 19.3 Å². The van der Waals surface area contributed by atoms with Crippen molar-refractivity contribution >= 4 is 11.6 Å². The average Bonchev–Trinajstić information content (AvgIpc) is 2.18. The van der Waals surface area contributed by atoms with Crippen molar-refractivity contribution in [1.82, 2.24) is 0 Å². The lowest BCUT2D eigenvalue weighted by molar-refractivity contribution is 0.194. The van der Waals surface area contributed by atoms with E-state index in [1.165, 1.54) is 14.0 Å². The van der Waals surface area contributed by atoms with Gasteiger partial charge in [0.15, 0.2) is 11.5 Å². The SMILES string of the molecule is COc1cc(F)c(Cl)c(CC(C)O)c1O. The molecule has 0 aliphatic carbocycles. The maximum atomic E-state index is 13.3. The predicted molar refractivity (Wildman–Crippen MR) is 55.0 cm³/mol. The number of methoxy groups -OCH3 is 1. The highest BCUT2D eigenvalue weighted by Gasteiger charge is 2.18. The normalized spacial score (nSPS) is 12.6. The molecule has 84 valence electrons. The Balaban J connectivity index is 3.27. The number of ether oxygens (including phenoxy) is 1. The Kier molecular flexibility index (Phi) is 3.77. The number of phenolic OH excluding ortho intramolecular Hbond substituents is 1. The molecule has 1 aromatic carbocycles. The molecule has 1 rings (SSSR count). The number of rotatable bonds is 3. The smallest absolute Gasteiger partial charge is 0.163 e. The van der Waals surface area contributed by atoms with E-state index in [-0.39, 0.29) is 28.5 Å². The lowest BCUT2D eigenvalue weighted by Crippen LogP contribution is -2.06. The summed E-state index contributed by atoms with van der Waals surface area (Å²) in [6, 6.07) is 1.00. The summed E-state index contributed by atoms with van der Waals surface area (Å²) in [5.74, 6) is -0.903. The number of benzene rings is 1. The van der Waals surface area contributed by atoms with Gasteiger partial charge in [0, 0.05) is 18.1 Å². The zero-order valence-corrected chi connectivity index (χ0v) is 9.18. The first-order valence-electron chi connectivity index (χ1n) is 4.39. The van der Waals surface area contributed by atoms with Gasteiger partial charge in [-0.2, -0.15) is 0 Å². The molecule has 2 N–H and O–H groups in total. The zero-order valence-electron chi connectivity index (χ0n) is 8.42. The minimum absolute atomic E-state index is 0.00699. The van der Waals surface area contributed by atoms with Gasteiger partial charge in [-0.15, -0.1) is 0 Å². The largest absolute Gasteiger partial charge is 0.504 e. The molecule has 0 spiro atoms. The van der Waals surface area contributed by atoms with Gasteiger partial charge in [0.1, 0.15) is 5.82 Å². The Morgan fingerprint density at radius 2 is 2.20 bits per heavy atom. The number of phenols is 1. The van der Waals surface area contributed by atoms with Crippen LogP contribution >= 0.6 is 11.6 Å². The number of hydrogen-bond donors (Lipinski definition) is 2. The van der Waals surface area contributed by atoms with E-state index in [1.54, 1.807) is 0 Å². The molecule has 1 unspecified atom stereocenters. The second-order valence-electron chi connectivity index (χ2n) is 3.25. The Labute approximate surface area is 92.1 Å². The lowest BCUT2D eigenvalue weighted by Gasteiger charge is -2.12. The minimum atomic E-state index is -0.722. The molecule has 0 saturated heterocycles. The van der Waals surface area contributed by atoms with Crippen LogP contribution in [0.3, 0.4) is 0 Å². The van der Waals surface area contributed by atoms with Crippen LogP contribution in [0.4, 0.5) is 4.39 Å². The minimum Gasteiger partial charge on any atom is -0.504 e. The average molecular weight is 235 g/mol. The van der Waals surface area contributed by atoms with Crippen LogP contribution in [0.25, 0.3) is 0 Å². The first kappa shape index (κ1) is 12.1. The molecule has 0 aliphatic heterocycles. The van der Waals surface area contributed by atoms with Gasteiger partial charge in [0.25, 0.3) is 0 Å². The van der Waals surface area contributed by atoms with Crippen molar-refractivity contribution in [3.05, 3.63) is 22.5 Å². The van der Waals surface area contributed by atoms with Gasteiger partial charge in [-0.1, -0.05) is 11.6 Å². The molecule has 0 bridgehead atoms. The fraction of sp³-hybridized carbons (Fsp3) is 0.400. The molecule has 0 aromatic heterocycles. The fourth-order valence-electron chi connectivity index (χ4n) is 1.28. The van der Waals surface area contributed by atoms with Crippen molar-refractivity contribution in [2.45, 2.75) is 19.4 Å². The second kappa shape index (κ2) is 4.68. The summed E-state index contributed by atoms with van der Waals surface area (Å²) >= 11 is 5.67. The van der Waals surface area contributed by atoms with Crippen molar-refractivity contribution in [1.29, 1.82) is 0 Å². The van der Waals surface area contributed by atoms with Crippen LogP contribution in [0.15, 0.2) is 6.07 Å². The number of hydrogen-bond acceptors (Lipinski definition) is 3. The van der Waals surface area contributed by atoms with Gasteiger partial charge in [0.2, 0.25) is 0 Å². The fourth-order valence-corrected chi connectivity index (χ4v) is 1.50. The molecule has 0 aliphatic rings. The highest BCUT2D eigenvalue weighted by atomic mass is 35.5. The molecule has 0 amide bonds. The third-order valence-corrected chi connectivity index (χ3v) is 2.38. The summed E-state index contributed by atoms with van der Waals surface area (Å²) in [7, 11) is 1.31. The summed E-state index contributed by atoms with van der Waals surface area (Å²) in [6.07, 6.45) is -0.654. The Morgan fingerprint density at radius 1 is 1.60 bits per heavy atom. The zero-order chi connectivity index (χ0) is 11.6. The summed E-state index contributed by atoms with van der Waals surface area (Å²) in [5, 5.41) is 18.6. The molecule has 5 heteroatoms. The summed E-state index contributed by atoms with van der Waals surface area (Å²) < 4.78 is 18.0. The van der Waals surface area contributed by atoms with E-state index in [9.17, 15) is 14.6 Å². The van der Waals surface area contributed by atoms with E-state index in [0.29, 0.717) is 0 Å². The number of aliphatic hydroxyl groups excluding tert-OH is 1. The van der Waals surface area contributed by atoms with Crippen LogP contribution in [0, 0.1) is 5.82 Å². The molecule has 15 heavy (non-hydrogen) atoms. The first-order valence-corrected chi connectivity index (χ1v) is 4.77. The van der Waals surface area contributed by atoms with Gasteiger partial charge in [-0.25, -0.2) is 4.39 Å². The van der Waals surface area contributed by atoms with Crippen LogP contribution in [-0.4, -0.2) is 23.4 Å². The Bertz CT molecular complexity index is 366. The molecule has 3 nitrogen and oxygen atoms in total. The molecular formula is C10H12ClFO3. The monoisotopic (exact) mass is 234 g/mol. The van der Waals surface area contributed by atoms with Crippen LogP contribution in [0.2, 0.25) is 5.02 Å². The van der Waals surface area contributed by atoms with E-state index < -0.39 is 11.9 Å². The van der Waals surface area contributed by atoms with Crippen molar-refractivity contribution in [2.24, 2.45) is 0 Å². The first-order chi connectivity index (χ1) is 6.97. The lowest BCUT2D eigenvalue weighted by atomic mass is 10.1. The van der Waals surface area contributed by atoms with E-state index in [4.69, 9.17) is 16.3 Å². The van der Waals surface area contributed by atoms with Gasteiger partial charge in [-0.3, -0.25) is 0 Å². The number of halogens is 2. The highest BCUT2D eigenvalue weighted by Crippen LogP contribution is 2.37. The van der Waals surface area contributed by atoms with Crippen LogP contribution in [0.1, 0.15) is 12.5 Å². The Hall–Kier alpha value is -1.00. The maximum Gasteiger partial charge on any atom is 0.163 e. The third kappa shape index (κ3) is 2.52. The van der Waals surface area contributed by atoms with Crippen molar-refractivity contribution in [2.75, 3.05) is 7.11 Å². The number of aliphatic hydroxyl groups is 1. The topological polar surface area (TPSA) is 49.7 Å². The van der Waals surface area contributed by atoms with Gasteiger partial charge in [-0.05, 0) is 6.92 Å². The van der Waals surface area contributed by atoms with Gasteiger partial charge in [0.05, 0.1) is 18.2 Å². The van der Waals surface area contributed by atoms with Crippen LogP contribution in [0.5, 0.6) is 11.5 Å². The van der Waals surface area contributed by atoms with Gasteiger partial charge < -0.3 is 14.9 Å². The van der Waals surface area contributed by atoms with Gasteiger partial charge >= 0.3 is 0 Å². The molecule has 0 fully saturated rings. The van der Waals surface area contributed by atoms with E-state index in [0.717, 1.165) is 6.07 Å². The van der Waals surface area contributed by atoms with Crippen LogP contribution in [-0.2, 0) is 6.42 Å². The molecule has 0 saturated carbocycles. The highest BCUT2D eigenvalue weighted by molar-refractivity contribution is 6.31. The summed E-state index contributed by atoms with van der Waals surface area (Å²) in [6.45, 7) is 1.52.